The number of anilines is 1. The van der Waals surface area contributed by atoms with Gasteiger partial charge in [0.1, 0.15) is 18.0 Å². The van der Waals surface area contributed by atoms with Crippen molar-refractivity contribution < 1.29 is 9.13 Å². The Morgan fingerprint density at radius 2 is 2.08 bits per heavy atom. The maximum Gasteiger partial charge on any atom is 0.218 e. The normalized spacial score (nSPS) is 20.6. The Labute approximate surface area is 146 Å². The summed E-state index contributed by atoms with van der Waals surface area (Å²) in [6.07, 6.45) is 8.03. The van der Waals surface area contributed by atoms with Gasteiger partial charge in [-0.25, -0.2) is 14.4 Å². The van der Waals surface area contributed by atoms with Crippen LogP contribution in [0.5, 0.6) is 5.88 Å². The molecule has 2 aromatic heterocycles. The molecule has 1 aliphatic carbocycles. The van der Waals surface area contributed by atoms with E-state index in [1.807, 2.05) is 6.07 Å². The Morgan fingerprint density at radius 1 is 1.20 bits per heavy atom. The Bertz CT molecular complexity index is 739. The van der Waals surface area contributed by atoms with E-state index in [1.54, 1.807) is 25.7 Å². The van der Waals surface area contributed by atoms with E-state index in [-0.39, 0.29) is 5.82 Å². The van der Waals surface area contributed by atoms with Gasteiger partial charge in [-0.05, 0) is 30.9 Å². The van der Waals surface area contributed by atoms with Gasteiger partial charge in [-0.1, -0.05) is 0 Å². The zero-order chi connectivity index (χ0) is 17.2. The van der Waals surface area contributed by atoms with E-state index < -0.39 is 0 Å². The van der Waals surface area contributed by atoms with Crippen LogP contribution in [0.1, 0.15) is 24.8 Å². The number of rotatable bonds is 6. The van der Waals surface area contributed by atoms with E-state index in [2.05, 4.69) is 24.8 Å². The molecular formula is C18H22FN5O. The lowest BCUT2D eigenvalue weighted by Gasteiger charge is -2.30. The lowest BCUT2D eigenvalue weighted by atomic mass is 10.2. The van der Waals surface area contributed by atoms with Crippen molar-refractivity contribution in [2.75, 3.05) is 25.1 Å². The van der Waals surface area contributed by atoms with Gasteiger partial charge in [-0.3, -0.25) is 9.88 Å². The monoisotopic (exact) mass is 343 g/mol. The van der Waals surface area contributed by atoms with Gasteiger partial charge >= 0.3 is 0 Å². The van der Waals surface area contributed by atoms with Crippen LogP contribution in [0.2, 0.25) is 0 Å². The number of ether oxygens (including phenoxy) is 1. The molecule has 0 N–H and O–H groups in total. The molecule has 1 aliphatic heterocycles. The molecule has 0 aromatic carbocycles. The number of likely N-dealkylation sites (tertiary alicyclic amines) is 1. The second-order valence-electron chi connectivity index (χ2n) is 6.75. The average Bonchev–Trinajstić information content (AvgIpc) is 3.35. The van der Waals surface area contributed by atoms with E-state index >= 15 is 0 Å². The molecule has 6 nitrogen and oxygen atoms in total. The van der Waals surface area contributed by atoms with E-state index in [0.717, 1.165) is 37.4 Å². The summed E-state index contributed by atoms with van der Waals surface area (Å²) in [6.45, 7) is 2.67. The fourth-order valence-electron chi connectivity index (χ4n) is 3.59. The fourth-order valence-corrected chi connectivity index (χ4v) is 3.59. The first-order valence-corrected chi connectivity index (χ1v) is 8.69. The second-order valence-corrected chi connectivity index (χ2v) is 6.75. The predicted octanol–water partition coefficient (Wildman–Crippen LogP) is 2.26. The van der Waals surface area contributed by atoms with Gasteiger partial charge in [-0.15, -0.1) is 0 Å². The molecule has 0 radical (unpaired) electrons. The summed E-state index contributed by atoms with van der Waals surface area (Å²) in [7, 11) is 1.62. The highest BCUT2D eigenvalue weighted by Gasteiger charge is 2.38. The Balaban J connectivity index is 1.46. The molecule has 1 unspecified atom stereocenters. The molecule has 3 heterocycles. The molecule has 1 saturated heterocycles. The number of nitrogens with zero attached hydrogens (tertiary/aromatic N) is 5. The van der Waals surface area contributed by atoms with Crippen molar-refractivity contribution in [1.29, 1.82) is 0 Å². The largest absolute Gasteiger partial charge is 0.481 e. The lowest BCUT2D eigenvalue weighted by molar-refractivity contribution is 0.323. The summed E-state index contributed by atoms with van der Waals surface area (Å²) < 4.78 is 18.6. The average molecular weight is 343 g/mol. The van der Waals surface area contributed by atoms with Gasteiger partial charge < -0.3 is 9.64 Å². The summed E-state index contributed by atoms with van der Waals surface area (Å²) in [5.41, 5.74) is 0.919. The standard InChI is InChI=1S/C18H22FN5O/c1-25-18-7-17(21-12-22-18)24(15-2-3-15)16-4-5-23(11-16)10-13-6-14(19)9-20-8-13/h6-9,12,15-16H,2-5,10-11H2,1H3. The third-order valence-corrected chi connectivity index (χ3v) is 4.85. The van der Waals surface area contributed by atoms with Gasteiger partial charge in [0.15, 0.2) is 0 Å². The zero-order valence-electron chi connectivity index (χ0n) is 14.3. The third-order valence-electron chi connectivity index (χ3n) is 4.85. The van der Waals surface area contributed by atoms with E-state index in [9.17, 15) is 4.39 Å². The minimum atomic E-state index is -0.277. The minimum Gasteiger partial charge on any atom is -0.481 e. The molecule has 7 heteroatoms. The molecule has 132 valence electrons. The minimum absolute atomic E-state index is 0.277. The van der Waals surface area contributed by atoms with Gasteiger partial charge in [0.25, 0.3) is 0 Å². The van der Waals surface area contributed by atoms with Crippen molar-refractivity contribution >= 4 is 5.82 Å². The van der Waals surface area contributed by atoms with Gasteiger partial charge in [0.05, 0.1) is 13.3 Å². The van der Waals surface area contributed by atoms with Crippen molar-refractivity contribution in [2.24, 2.45) is 0 Å². The van der Waals surface area contributed by atoms with Crippen LogP contribution in [-0.2, 0) is 6.54 Å². The summed E-state index contributed by atoms with van der Waals surface area (Å²) in [5.74, 6) is 1.26. The molecule has 0 amide bonds. The smallest absolute Gasteiger partial charge is 0.218 e. The van der Waals surface area contributed by atoms with Crippen LogP contribution >= 0.6 is 0 Å². The number of aromatic nitrogens is 3. The molecular weight excluding hydrogens is 321 g/mol. The van der Waals surface area contributed by atoms with Crippen LogP contribution < -0.4 is 9.64 Å². The van der Waals surface area contributed by atoms with Crippen LogP contribution in [0.15, 0.2) is 30.9 Å². The Hall–Kier alpha value is -2.28. The van der Waals surface area contributed by atoms with Crippen molar-refractivity contribution in [1.82, 2.24) is 19.9 Å². The molecule has 2 fully saturated rings. The van der Waals surface area contributed by atoms with E-state index in [0.29, 0.717) is 18.0 Å². The third kappa shape index (κ3) is 3.71. The Kier molecular flexibility index (Phi) is 4.48. The lowest BCUT2D eigenvalue weighted by Crippen LogP contribution is -2.39. The van der Waals surface area contributed by atoms with Gasteiger partial charge in [0.2, 0.25) is 5.88 Å². The molecule has 4 rings (SSSR count). The van der Waals surface area contributed by atoms with Crippen LogP contribution in [0, 0.1) is 5.82 Å². The number of methoxy groups -OCH3 is 1. The number of hydrogen-bond donors (Lipinski definition) is 0. The first kappa shape index (κ1) is 16.2. The van der Waals surface area contributed by atoms with Gasteiger partial charge in [0, 0.05) is 44.0 Å². The molecule has 1 atom stereocenters. The first-order valence-electron chi connectivity index (χ1n) is 8.69. The summed E-state index contributed by atoms with van der Waals surface area (Å²) in [4.78, 5) is 17.3. The Morgan fingerprint density at radius 3 is 2.84 bits per heavy atom. The SMILES string of the molecule is COc1cc(N(C2CC2)C2CCN(Cc3cncc(F)c3)C2)ncn1. The van der Waals surface area contributed by atoms with Crippen LogP contribution in [0.3, 0.4) is 0 Å². The first-order chi connectivity index (χ1) is 12.2. The highest BCUT2D eigenvalue weighted by molar-refractivity contribution is 5.45. The number of pyridine rings is 1. The summed E-state index contributed by atoms with van der Waals surface area (Å²) >= 11 is 0. The molecule has 2 aliphatic rings. The molecule has 2 aromatic rings. The zero-order valence-corrected chi connectivity index (χ0v) is 14.3. The number of hydrogen-bond acceptors (Lipinski definition) is 6. The van der Waals surface area contributed by atoms with E-state index in [4.69, 9.17) is 4.74 Å². The van der Waals surface area contributed by atoms with Gasteiger partial charge in [-0.2, -0.15) is 0 Å². The quantitative estimate of drug-likeness (QED) is 0.802. The maximum absolute atomic E-state index is 13.3. The van der Waals surface area contributed by atoms with Crippen LogP contribution in [0.25, 0.3) is 0 Å². The number of halogens is 1. The summed E-state index contributed by atoms with van der Waals surface area (Å²) in [6, 6.07) is 4.44. The van der Waals surface area contributed by atoms with Crippen molar-refractivity contribution in [3.05, 3.63) is 42.2 Å². The molecule has 25 heavy (non-hydrogen) atoms. The van der Waals surface area contributed by atoms with E-state index in [1.165, 1.54) is 19.0 Å². The molecule has 0 spiro atoms. The molecule has 0 bridgehead atoms. The molecule has 1 saturated carbocycles. The fraction of sp³-hybridized carbons (Fsp3) is 0.500. The predicted molar refractivity (Wildman–Crippen MR) is 92.0 cm³/mol. The highest BCUT2D eigenvalue weighted by atomic mass is 19.1. The van der Waals surface area contributed by atoms with Crippen molar-refractivity contribution in [3.63, 3.8) is 0 Å². The topological polar surface area (TPSA) is 54.4 Å². The van der Waals surface area contributed by atoms with Crippen LogP contribution in [-0.4, -0.2) is 52.1 Å². The maximum atomic E-state index is 13.3. The van der Waals surface area contributed by atoms with Crippen molar-refractivity contribution in [2.45, 2.75) is 37.9 Å². The summed E-state index contributed by atoms with van der Waals surface area (Å²) in [5, 5.41) is 0. The van der Waals surface area contributed by atoms with Crippen molar-refractivity contribution in [3.8, 4) is 5.88 Å². The highest BCUT2D eigenvalue weighted by Crippen LogP contribution is 2.35. The second kappa shape index (κ2) is 6.92. The van der Waals surface area contributed by atoms with Crippen LogP contribution in [0.4, 0.5) is 10.2 Å².